The van der Waals surface area contributed by atoms with Crippen molar-refractivity contribution in [3.8, 4) is 0 Å². The fourth-order valence-electron chi connectivity index (χ4n) is 3.14. The highest BCUT2D eigenvalue weighted by molar-refractivity contribution is 9.10. The van der Waals surface area contributed by atoms with E-state index in [9.17, 15) is 8.42 Å². The molecule has 0 aromatic heterocycles. The number of nitrogens with one attached hydrogen (secondary N) is 1. The van der Waals surface area contributed by atoms with Crippen LogP contribution in [0.4, 0.5) is 5.69 Å². The molecule has 3 aliphatic rings. The van der Waals surface area contributed by atoms with Crippen molar-refractivity contribution in [2.24, 2.45) is 5.92 Å². The number of sulfonamides is 1. The number of nitrogen functional groups attached to an aromatic ring is 1. The van der Waals surface area contributed by atoms with Crippen molar-refractivity contribution in [2.75, 3.05) is 25.4 Å². The standard InChI is InChI=1S/C13H17BrClN3O2S/c14-13-10(16)5-9(15)6-12(13)21(19,20)17-11-7-18-3-1-8(11)2-4-18/h5-6,8,11,17H,1-4,7,16H2. The molecule has 3 fully saturated rings. The summed E-state index contributed by atoms with van der Waals surface area (Å²) in [4.78, 5) is 2.40. The number of fused-ring (bicyclic) bond motifs is 3. The van der Waals surface area contributed by atoms with E-state index in [4.69, 9.17) is 17.3 Å². The maximum atomic E-state index is 12.6. The van der Waals surface area contributed by atoms with E-state index in [1.54, 1.807) is 0 Å². The van der Waals surface area contributed by atoms with Gasteiger partial charge in [0.1, 0.15) is 0 Å². The average Bonchev–Trinajstić information content (AvgIpc) is 2.43. The van der Waals surface area contributed by atoms with Crippen molar-refractivity contribution in [3.05, 3.63) is 21.6 Å². The lowest BCUT2D eigenvalue weighted by atomic mass is 9.85. The van der Waals surface area contributed by atoms with Gasteiger partial charge in [-0.1, -0.05) is 11.6 Å². The minimum atomic E-state index is -3.65. The molecule has 116 valence electrons. The molecule has 3 saturated heterocycles. The van der Waals surface area contributed by atoms with Crippen LogP contribution in [0.25, 0.3) is 0 Å². The van der Waals surface area contributed by atoms with Crippen molar-refractivity contribution in [1.82, 2.24) is 9.62 Å². The minimum Gasteiger partial charge on any atom is -0.398 e. The highest BCUT2D eigenvalue weighted by atomic mass is 79.9. The van der Waals surface area contributed by atoms with E-state index in [-0.39, 0.29) is 10.9 Å². The largest absolute Gasteiger partial charge is 0.398 e. The van der Waals surface area contributed by atoms with Gasteiger partial charge in [0.25, 0.3) is 0 Å². The third-order valence-electron chi connectivity index (χ3n) is 4.28. The van der Waals surface area contributed by atoms with Gasteiger partial charge in [0.05, 0.1) is 9.37 Å². The van der Waals surface area contributed by atoms with Crippen LogP contribution in [0.5, 0.6) is 0 Å². The van der Waals surface area contributed by atoms with Crippen molar-refractivity contribution in [2.45, 2.75) is 23.8 Å². The Morgan fingerprint density at radius 1 is 1.33 bits per heavy atom. The van der Waals surface area contributed by atoms with Gasteiger partial charge in [-0.3, -0.25) is 0 Å². The van der Waals surface area contributed by atoms with Crippen LogP contribution in [0.2, 0.25) is 5.02 Å². The normalized spacial score (nSPS) is 28.8. The predicted octanol–water partition coefficient (Wildman–Crippen LogP) is 2.06. The Hall–Kier alpha value is -0.340. The Morgan fingerprint density at radius 2 is 2.00 bits per heavy atom. The van der Waals surface area contributed by atoms with Gasteiger partial charge in [-0.25, -0.2) is 13.1 Å². The van der Waals surface area contributed by atoms with Crippen LogP contribution in [-0.2, 0) is 10.0 Å². The molecule has 0 spiro atoms. The molecule has 3 N–H and O–H groups in total. The second-order valence-corrected chi connectivity index (χ2v) is 8.58. The molecule has 0 aliphatic carbocycles. The Bertz CT molecular complexity index is 660. The molecule has 0 saturated carbocycles. The van der Waals surface area contributed by atoms with E-state index < -0.39 is 10.0 Å². The average molecular weight is 395 g/mol. The van der Waals surface area contributed by atoms with Crippen LogP contribution in [0.3, 0.4) is 0 Å². The summed E-state index contributed by atoms with van der Waals surface area (Å²) < 4.78 is 28.4. The van der Waals surface area contributed by atoms with Gasteiger partial charge in [0, 0.05) is 23.3 Å². The Labute approximate surface area is 138 Å². The van der Waals surface area contributed by atoms with Gasteiger partial charge < -0.3 is 10.6 Å². The summed E-state index contributed by atoms with van der Waals surface area (Å²) in [5.74, 6) is 0.417. The van der Waals surface area contributed by atoms with E-state index in [0.29, 0.717) is 21.1 Å². The lowest BCUT2D eigenvalue weighted by molar-refractivity contribution is 0.0827. The van der Waals surface area contributed by atoms with Gasteiger partial charge in [0.15, 0.2) is 0 Å². The number of hydrogen-bond acceptors (Lipinski definition) is 4. The van der Waals surface area contributed by atoms with Crippen LogP contribution in [-0.4, -0.2) is 39.0 Å². The summed E-state index contributed by atoms with van der Waals surface area (Å²) in [6.07, 6.45) is 2.10. The summed E-state index contributed by atoms with van der Waals surface area (Å²) in [6.45, 7) is 2.91. The molecule has 3 aliphatic heterocycles. The first-order valence-electron chi connectivity index (χ1n) is 6.86. The molecule has 1 aromatic rings. The first kappa shape index (κ1) is 15.6. The minimum absolute atomic E-state index is 0.0374. The highest BCUT2D eigenvalue weighted by Crippen LogP contribution is 2.33. The molecule has 0 amide bonds. The van der Waals surface area contributed by atoms with Crippen molar-refractivity contribution in [1.29, 1.82) is 0 Å². The molecule has 1 aromatic carbocycles. The predicted molar refractivity (Wildman–Crippen MR) is 86.8 cm³/mol. The molecular formula is C13H17BrClN3O2S. The molecule has 3 heterocycles. The first-order chi connectivity index (χ1) is 9.87. The van der Waals surface area contributed by atoms with Crippen LogP contribution in [0, 0.1) is 5.92 Å². The van der Waals surface area contributed by atoms with E-state index in [1.165, 1.54) is 12.1 Å². The SMILES string of the molecule is Nc1cc(Cl)cc(S(=O)(=O)NC2CN3CCC2CC3)c1Br. The van der Waals surface area contributed by atoms with E-state index in [0.717, 1.165) is 32.5 Å². The van der Waals surface area contributed by atoms with Crippen LogP contribution < -0.4 is 10.5 Å². The zero-order chi connectivity index (χ0) is 15.2. The first-order valence-corrected chi connectivity index (χ1v) is 9.51. The molecule has 5 nitrogen and oxygen atoms in total. The van der Waals surface area contributed by atoms with Crippen LogP contribution in [0.15, 0.2) is 21.5 Å². The number of anilines is 1. The van der Waals surface area contributed by atoms with Crippen molar-refractivity contribution < 1.29 is 8.42 Å². The number of hydrogen-bond donors (Lipinski definition) is 2. The quantitative estimate of drug-likeness (QED) is 0.770. The maximum absolute atomic E-state index is 12.6. The molecular weight excluding hydrogens is 378 g/mol. The fraction of sp³-hybridized carbons (Fsp3) is 0.538. The van der Waals surface area contributed by atoms with Gasteiger partial charge >= 0.3 is 0 Å². The number of piperidine rings is 3. The summed E-state index contributed by atoms with van der Waals surface area (Å²) in [6, 6.07) is 2.91. The number of benzene rings is 1. The molecule has 1 atom stereocenters. The zero-order valence-electron chi connectivity index (χ0n) is 11.4. The number of nitrogens with zero attached hydrogens (tertiary/aromatic N) is 1. The van der Waals surface area contributed by atoms with Crippen molar-refractivity contribution in [3.63, 3.8) is 0 Å². The van der Waals surface area contributed by atoms with Crippen LogP contribution in [0.1, 0.15) is 12.8 Å². The van der Waals surface area contributed by atoms with Crippen LogP contribution >= 0.6 is 27.5 Å². The second-order valence-electron chi connectivity index (χ2n) is 5.67. The molecule has 1 unspecified atom stereocenters. The number of nitrogens with two attached hydrogens (primary N) is 1. The fourth-order valence-corrected chi connectivity index (χ4v) is 5.73. The van der Waals surface area contributed by atoms with Gasteiger partial charge in [0.2, 0.25) is 10.0 Å². The molecule has 0 radical (unpaired) electrons. The Kier molecular flexibility index (Phi) is 4.22. The van der Waals surface area contributed by atoms with Gasteiger partial charge in [-0.05, 0) is 59.9 Å². The Balaban J connectivity index is 1.88. The summed E-state index contributed by atoms with van der Waals surface area (Å²) in [7, 11) is -3.65. The molecule has 4 rings (SSSR count). The monoisotopic (exact) mass is 393 g/mol. The second kappa shape index (κ2) is 5.70. The smallest absolute Gasteiger partial charge is 0.242 e. The number of rotatable bonds is 3. The van der Waals surface area contributed by atoms with Gasteiger partial charge in [-0.2, -0.15) is 0 Å². The highest BCUT2D eigenvalue weighted by Gasteiger charge is 2.37. The van der Waals surface area contributed by atoms with Gasteiger partial charge in [-0.15, -0.1) is 0 Å². The number of halogens is 2. The van der Waals surface area contributed by atoms with E-state index in [1.807, 2.05) is 0 Å². The van der Waals surface area contributed by atoms with E-state index >= 15 is 0 Å². The van der Waals surface area contributed by atoms with E-state index in [2.05, 4.69) is 25.6 Å². The summed E-state index contributed by atoms with van der Waals surface area (Å²) >= 11 is 9.18. The summed E-state index contributed by atoms with van der Waals surface area (Å²) in [5.41, 5.74) is 6.10. The van der Waals surface area contributed by atoms with Crippen molar-refractivity contribution >= 4 is 43.2 Å². The third kappa shape index (κ3) is 3.07. The maximum Gasteiger partial charge on any atom is 0.242 e. The lowest BCUT2D eigenvalue weighted by Gasteiger charge is -2.44. The topological polar surface area (TPSA) is 75.4 Å². The molecule has 8 heteroatoms. The lowest BCUT2D eigenvalue weighted by Crippen LogP contribution is -2.57. The molecule has 2 bridgehead atoms. The summed E-state index contributed by atoms with van der Waals surface area (Å²) in [5, 5.41) is 0.310. The zero-order valence-corrected chi connectivity index (χ0v) is 14.5. The Morgan fingerprint density at radius 3 is 2.57 bits per heavy atom. The third-order valence-corrected chi connectivity index (χ3v) is 7.16. The molecule has 21 heavy (non-hydrogen) atoms.